The predicted octanol–water partition coefficient (Wildman–Crippen LogP) is 2.32. The molecular formula is C13H12N4O4S2. The molecule has 0 aliphatic heterocycles. The third-order valence-corrected chi connectivity index (χ3v) is 5.98. The number of aromatic nitrogens is 2. The number of sulfone groups is 1. The highest BCUT2D eigenvalue weighted by Gasteiger charge is 2.23. The van der Waals surface area contributed by atoms with Gasteiger partial charge in [-0.15, -0.1) is 0 Å². The molecule has 0 amide bonds. The van der Waals surface area contributed by atoms with E-state index in [1.54, 1.807) is 6.20 Å². The van der Waals surface area contributed by atoms with Crippen molar-refractivity contribution in [2.45, 2.75) is 10.8 Å². The highest BCUT2D eigenvalue weighted by atomic mass is 32.2. The number of nitrogens with one attached hydrogen (secondary N) is 1. The van der Waals surface area contributed by atoms with E-state index < -0.39 is 14.8 Å². The quantitative estimate of drug-likeness (QED) is 0.558. The van der Waals surface area contributed by atoms with Crippen LogP contribution in [0, 0.1) is 10.1 Å². The van der Waals surface area contributed by atoms with Crippen molar-refractivity contribution in [1.29, 1.82) is 0 Å². The van der Waals surface area contributed by atoms with E-state index in [2.05, 4.69) is 10.3 Å². The van der Waals surface area contributed by atoms with Crippen LogP contribution in [-0.4, -0.2) is 29.0 Å². The molecule has 0 aliphatic carbocycles. The third-order valence-electron chi connectivity index (χ3n) is 3.10. The average Bonchev–Trinajstić information content (AvgIpc) is 3.08. The van der Waals surface area contributed by atoms with Crippen LogP contribution in [0.3, 0.4) is 0 Å². The van der Waals surface area contributed by atoms with Gasteiger partial charge in [0, 0.05) is 24.7 Å². The van der Waals surface area contributed by atoms with E-state index in [-0.39, 0.29) is 21.4 Å². The van der Waals surface area contributed by atoms with Crippen molar-refractivity contribution < 1.29 is 13.3 Å². The van der Waals surface area contributed by atoms with Crippen molar-refractivity contribution >= 4 is 37.5 Å². The molecule has 10 heteroatoms. The first-order chi connectivity index (χ1) is 10.8. The molecule has 0 atom stereocenters. The first-order valence-electron chi connectivity index (χ1n) is 6.49. The summed E-state index contributed by atoms with van der Waals surface area (Å²) in [6.45, 7) is 0.256. The standard InChI is InChI=1S/C13H12N4O4S2/c1-23(20,21)12-6-10(17(18)19)13(22-12)14-7-9-8-16-5-3-2-4-11(16)15-9/h2-6,8,14H,7H2,1H3. The summed E-state index contributed by atoms with van der Waals surface area (Å²) in [5, 5.41) is 14.2. The molecule has 0 radical (unpaired) electrons. The van der Waals surface area contributed by atoms with E-state index in [0.717, 1.165) is 29.3 Å². The second-order valence-electron chi connectivity index (χ2n) is 4.86. The second kappa shape index (κ2) is 5.63. The molecule has 1 N–H and O–H groups in total. The van der Waals surface area contributed by atoms with Gasteiger partial charge in [0.1, 0.15) is 9.86 Å². The lowest BCUT2D eigenvalue weighted by Gasteiger charge is -2.00. The number of pyridine rings is 1. The van der Waals surface area contributed by atoms with Gasteiger partial charge in [-0.2, -0.15) is 0 Å². The number of anilines is 1. The maximum absolute atomic E-state index is 11.6. The number of fused-ring (bicyclic) bond motifs is 1. The normalized spacial score (nSPS) is 11.7. The number of rotatable bonds is 5. The Morgan fingerprint density at radius 1 is 1.43 bits per heavy atom. The van der Waals surface area contributed by atoms with E-state index in [0.29, 0.717) is 5.69 Å². The van der Waals surface area contributed by atoms with Gasteiger partial charge in [0.05, 0.1) is 17.2 Å². The van der Waals surface area contributed by atoms with Gasteiger partial charge in [0.2, 0.25) is 0 Å². The highest BCUT2D eigenvalue weighted by molar-refractivity contribution is 7.92. The van der Waals surface area contributed by atoms with E-state index in [4.69, 9.17) is 0 Å². The smallest absolute Gasteiger partial charge is 0.304 e. The maximum atomic E-state index is 11.6. The van der Waals surface area contributed by atoms with Crippen LogP contribution in [0.25, 0.3) is 5.65 Å². The monoisotopic (exact) mass is 352 g/mol. The minimum atomic E-state index is -3.49. The second-order valence-corrected chi connectivity index (χ2v) is 8.16. The first-order valence-corrected chi connectivity index (χ1v) is 9.20. The molecule has 0 fully saturated rings. The number of hydrogen-bond donors (Lipinski definition) is 1. The summed E-state index contributed by atoms with van der Waals surface area (Å²) in [5.41, 5.74) is 1.21. The fourth-order valence-electron chi connectivity index (χ4n) is 2.05. The van der Waals surface area contributed by atoms with Crippen molar-refractivity contribution in [1.82, 2.24) is 9.38 Å². The van der Waals surface area contributed by atoms with Crippen LogP contribution in [0.2, 0.25) is 0 Å². The molecule has 23 heavy (non-hydrogen) atoms. The van der Waals surface area contributed by atoms with Crippen LogP contribution in [0.15, 0.2) is 40.9 Å². The average molecular weight is 352 g/mol. The fourth-order valence-corrected chi connectivity index (χ4v) is 3.98. The third kappa shape index (κ3) is 3.17. The van der Waals surface area contributed by atoms with Crippen molar-refractivity contribution in [3.05, 3.63) is 52.5 Å². The van der Waals surface area contributed by atoms with E-state index in [9.17, 15) is 18.5 Å². The maximum Gasteiger partial charge on any atom is 0.304 e. The lowest BCUT2D eigenvalue weighted by atomic mass is 10.4. The SMILES string of the molecule is CS(=O)(=O)c1cc([N+](=O)[O-])c(NCc2cn3ccccc3n2)s1. The van der Waals surface area contributed by atoms with Gasteiger partial charge in [-0.3, -0.25) is 10.1 Å². The predicted molar refractivity (Wildman–Crippen MR) is 86.6 cm³/mol. The zero-order valence-corrected chi connectivity index (χ0v) is 13.6. The molecule has 3 aromatic rings. The lowest BCUT2D eigenvalue weighted by molar-refractivity contribution is -0.383. The fraction of sp³-hybridized carbons (Fsp3) is 0.154. The Balaban J connectivity index is 1.87. The van der Waals surface area contributed by atoms with E-state index in [1.165, 1.54) is 0 Å². The van der Waals surface area contributed by atoms with Crippen molar-refractivity contribution in [2.24, 2.45) is 0 Å². The molecule has 0 unspecified atom stereocenters. The number of nitro groups is 1. The van der Waals surface area contributed by atoms with Crippen LogP contribution in [0.1, 0.15) is 5.69 Å². The zero-order chi connectivity index (χ0) is 16.6. The molecule has 8 nitrogen and oxygen atoms in total. The Morgan fingerprint density at radius 3 is 2.87 bits per heavy atom. The number of nitrogens with zero attached hydrogens (tertiary/aromatic N) is 3. The molecule has 0 aromatic carbocycles. The Kier molecular flexibility index (Phi) is 3.78. The molecule has 120 valence electrons. The summed E-state index contributed by atoms with van der Waals surface area (Å²) in [5.74, 6) is 0. The Bertz CT molecular complexity index is 957. The summed E-state index contributed by atoms with van der Waals surface area (Å²) in [6.07, 6.45) is 4.68. The number of imidazole rings is 1. The molecule has 0 saturated carbocycles. The topological polar surface area (TPSA) is 107 Å². The van der Waals surface area contributed by atoms with Crippen LogP contribution < -0.4 is 5.32 Å². The summed E-state index contributed by atoms with van der Waals surface area (Å²) in [4.78, 5) is 14.8. The van der Waals surface area contributed by atoms with Gasteiger partial charge in [-0.1, -0.05) is 17.4 Å². The van der Waals surface area contributed by atoms with Crippen LogP contribution >= 0.6 is 11.3 Å². The van der Waals surface area contributed by atoms with Crippen molar-refractivity contribution in [3.63, 3.8) is 0 Å². The van der Waals surface area contributed by atoms with Gasteiger partial charge in [0.15, 0.2) is 14.8 Å². The lowest BCUT2D eigenvalue weighted by Crippen LogP contribution is -2.00. The van der Waals surface area contributed by atoms with Crippen molar-refractivity contribution in [2.75, 3.05) is 11.6 Å². The zero-order valence-electron chi connectivity index (χ0n) is 12.0. The van der Waals surface area contributed by atoms with Crippen molar-refractivity contribution in [3.8, 4) is 0 Å². The molecule has 3 heterocycles. The molecule has 3 rings (SSSR count). The summed E-state index contributed by atoms with van der Waals surface area (Å²) < 4.78 is 24.9. The van der Waals surface area contributed by atoms with Gasteiger partial charge >= 0.3 is 5.69 Å². The highest BCUT2D eigenvalue weighted by Crippen LogP contribution is 2.37. The minimum Gasteiger partial charge on any atom is -0.366 e. The largest absolute Gasteiger partial charge is 0.366 e. The molecule has 0 aliphatic rings. The minimum absolute atomic E-state index is 0.0401. The number of hydrogen-bond acceptors (Lipinski definition) is 7. The summed E-state index contributed by atoms with van der Waals surface area (Å²) in [6, 6.07) is 6.65. The Hall–Kier alpha value is -2.46. The van der Waals surface area contributed by atoms with Gasteiger partial charge in [-0.05, 0) is 12.1 Å². The molecule has 3 aromatic heterocycles. The summed E-state index contributed by atoms with van der Waals surface area (Å²) in [7, 11) is -3.49. The summed E-state index contributed by atoms with van der Waals surface area (Å²) >= 11 is 0.846. The molecular weight excluding hydrogens is 340 g/mol. The van der Waals surface area contributed by atoms with Gasteiger partial charge in [-0.25, -0.2) is 13.4 Å². The Labute approximate surface area is 135 Å². The Morgan fingerprint density at radius 2 is 2.22 bits per heavy atom. The van der Waals surface area contributed by atoms with E-state index >= 15 is 0 Å². The first kappa shape index (κ1) is 15.4. The number of thiophene rings is 1. The van der Waals surface area contributed by atoms with Crippen LogP contribution in [0.5, 0.6) is 0 Å². The van der Waals surface area contributed by atoms with Gasteiger partial charge in [0.25, 0.3) is 0 Å². The molecule has 0 bridgehead atoms. The van der Waals surface area contributed by atoms with Crippen LogP contribution in [-0.2, 0) is 16.4 Å². The van der Waals surface area contributed by atoms with E-state index in [1.807, 2.05) is 28.8 Å². The molecule has 0 spiro atoms. The van der Waals surface area contributed by atoms with Crippen LogP contribution in [0.4, 0.5) is 10.7 Å². The van der Waals surface area contributed by atoms with Gasteiger partial charge < -0.3 is 9.72 Å². The molecule has 0 saturated heterocycles.